The van der Waals surface area contributed by atoms with Crippen molar-refractivity contribution in [1.29, 1.82) is 0 Å². The lowest BCUT2D eigenvalue weighted by Crippen LogP contribution is -2.22. The lowest BCUT2D eigenvalue weighted by molar-refractivity contribution is 0.0950. The number of methoxy groups -OCH3 is 1. The van der Waals surface area contributed by atoms with Crippen LogP contribution in [0.25, 0.3) is 0 Å². The van der Waals surface area contributed by atoms with E-state index in [4.69, 9.17) is 9.47 Å². The van der Waals surface area contributed by atoms with Crippen molar-refractivity contribution in [3.05, 3.63) is 89.5 Å². The van der Waals surface area contributed by atoms with E-state index in [0.717, 1.165) is 11.1 Å². The minimum Gasteiger partial charge on any atom is -0.493 e. The largest absolute Gasteiger partial charge is 0.493 e. The Morgan fingerprint density at radius 3 is 2.26 bits per heavy atom. The summed E-state index contributed by atoms with van der Waals surface area (Å²) in [5.74, 6) is 0.931. The standard InChI is InChI=1S/C24H25NO5S/c1-3-31(27,28)21-12-10-20(11-13-21)24(26)25-16-19-9-14-22(23(15-19)29-2)30-17-18-7-5-4-6-8-18/h4-15H,3,16-17H2,1-2H3,(H,25,26). The van der Waals surface area contributed by atoms with Gasteiger partial charge in [-0.15, -0.1) is 0 Å². The normalized spacial score (nSPS) is 11.0. The van der Waals surface area contributed by atoms with E-state index in [2.05, 4.69) is 5.32 Å². The molecule has 0 aliphatic carbocycles. The predicted octanol–water partition coefficient (Wildman–Crippen LogP) is 4.00. The number of sulfone groups is 1. The molecule has 0 saturated carbocycles. The highest BCUT2D eigenvalue weighted by Gasteiger charge is 2.13. The van der Waals surface area contributed by atoms with Crippen LogP contribution >= 0.6 is 0 Å². The average Bonchev–Trinajstić information content (AvgIpc) is 2.82. The minimum absolute atomic E-state index is 0.0193. The molecular formula is C24H25NO5S. The molecule has 0 heterocycles. The Morgan fingerprint density at radius 1 is 0.903 bits per heavy atom. The summed E-state index contributed by atoms with van der Waals surface area (Å²) in [6.45, 7) is 2.31. The fourth-order valence-electron chi connectivity index (χ4n) is 2.94. The van der Waals surface area contributed by atoms with Crippen LogP contribution in [0.2, 0.25) is 0 Å². The first-order chi connectivity index (χ1) is 14.9. The number of amides is 1. The van der Waals surface area contributed by atoms with Gasteiger partial charge in [-0.3, -0.25) is 4.79 Å². The second-order valence-electron chi connectivity index (χ2n) is 6.87. The van der Waals surface area contributed by atoms with Crippen molar-refractivity contribution in [2.45, 2.75) is 25.0 Å². The Balaban J connectivity index is 1.61. The highest BCUT2D eigenvalue weighted by molar-refractivity contribution is 7.91. The zero-order chi connectivity index (χ0) is 22.3. The van der Waals surface area contributed by atoms with Crippen molar-refractivity contribution in [2.75, 3.05) is 12.9 Å². The van der Waals surface area contributed by atoms with Gasteiger partial charge in [-0.2, -0.15) is 0 Å². The molecule has 1 amide bonds. The molecule has 0 bridgehead atoms. The van der Waals surface area contributed by atoms with E-state index >= 15 is 0 Å². The molecule has 3 aromatic carbocycles. The lowest BCUT2D eigenvalue weighted by Gasteiger charge is -2.13. The molecule has 6 nitrogen and oxygen atoms in total. The summed E-state index contributed by atoms with van der Waals surface area (Å²) in [4.78, 5) is 12.6. The number of carbonyl (C=O) groups is 1. The Morgan fingerprint density at radius 2 is 1.61 bits per heavy atom. The number of ether oxygens (including phenoxy) is 2. The van der Waals surface area contributed by atoms with Gasteiger partial charge < -0.3 is 14.8 Å². The molecule has 7 heteroatoms. The molecule has 0 atom stereocenters. The second kappa shape index (κ2) is 10.1. The molecule has 0 radical (unpaired) electrons. The summed E-state index contributed by atoms with van der Waals surface area (Å²) < 4.78 is 35.0. The van der Waals surface area contributed by atoms with Crippen LogP contribution < -0.4 is 14.8 Å². The molecule has 0 unspecified atom stereocenters. The quantitative estimate of drug-likeness (QED) is 0.545. The van der Waals surface area contributed by atoms with Crippen molar-refractivity contribution in [1.82, 2.24) is 5.32 Å². The van der Waals surface area contributed by atoms with E-state index in [1.165, 1.54) is 24.3 Å². The van der Waals surface area contributed by atoms with Crippen molar-refractivity contribution >= 4 is 15.7 Å². The van der Waals surface area contributed by atoms with Crippen LogP contribution in [0, 0.1) is 0 Å². The number of hydrogen-bond acceptors (Lipinski definition) is 5. The van der Waals surface area contributed by atoms with Crippen LogP contribution in [0.15, 0.2) is 77.7 Å². The fourth-order valence-corrected chi connectivity index (χ4v) is 3.83. The topological polar surface area (TPSA) is 81.7 Å². The molecule has 0 spiro atoms. The van der Waals surface area contributed by atoms with Crippen molar-refractivity contribution in [3.8, 4) is 11.5 Å². The van der Waals surface area contributed by atoms with Gasteiger partial charge in [0.2, 0.25) is 0 Å². The Labute approximate surface area is 182 Å². The van der Waals surface area contributed by atoms with Crippen LogP contribution in [-0.4, -0.2) is 27.2 Å². The highest BCUT2D eigenvalue weighted by atomic mass is 32.2. The molecule has 162 valence electrons. The molecule has 3 aromatic rings. The first kappa shape index (κ1) is 22.4. The fraction of sp³-hybridized carbons (Fsp3) is 0.208. The molecule has 3 rings (SSSR count). The number of benzene rings is 3. The molecule has 31 heavy (non-hydrogen) atoms. The Kier molecular flexibility index (Phi) is 7.31. The highest BCUT2D eigenvalue weighted by Crippen LogP contribution is 2.29. The summed E-state index contributed by atoms with van der Waals surface area (Å²) in [7, 11) is -1.72. The maximum atomic E-state index is 12.4. The minimum atomic E-state index is -3.29. The van der Waals surface area contributed by atoms with Gasteiger partial charge in [0, 0.05) is 12.1 Å². The molecule has 1 N–H and O–H groups in total. The van der Waals surface area contributed by atoms with Gasteiger partial charge in [0.15, 0.2) is 21.3 Å². The van der Waals surface area contributed by atoms with Gasteiger partial charge in [0.25, 0.3) is 5.91 Å². The summed E-state index contributed by atoms with van der Waals surface area (Å²) in [6, 6.07) is 21.3. The smallest absolute Gasteiger partial charge is 0.251 e. The third-order valence-corrected chi connectivity index (χ3v) is 6.52. The van der Waals surface area contributed by atoms with Gasteiger partial charge >= 0.3 is 0 Å². The third-order valence-electron chi connectivity index (χ3n) is 4.77. The molecule has 0 saturated heterocycles. The third kappa shape index (κ3) is 5.86. The first-order valence-corrected chi connectivity index (χ1v) is 11.5. The van der Waals surface area contributed by atoms with Gasteiger partial charge in [-0.1, -0.05) is 43.3 Å². The van der Waals surface area contributed by atoms with Crippen LogP contribution in [-0.2, 0) is 23.0 Å². The molecule has 0 aliphatic heterocycles. The van der Waals surface area contributed by atoms with Gasteiger partial charge in [-0.05, 0) is 47.5 Å². The van der Waals surface area contributed by atoms with Gasteiger partial charge in [-0.25, -0.2) is 8.42 Å². The van der Waals surface area contributed by atoms with E-state index in [1.807, 2.05) is 48.5 Å². The van der Waals surface area contributed by atoms with Gasteiger partial charge in [0.05, 0.1) is 17.8 Å². The number of hydrogen-bond donors (Lipinski definition) is 1. The van der Waals surface area contributed by atoms with E-state index < -0.39 is 9.84 Å². The van der Waals surface area contributed by atoms with E-state index in [1.54, 1.807) is 14.0 Å². The Hall–Kier alpha value is -3.32. The molecule has 0 aliphatic rings. The maximum Gasteiger partial charge on any atom is 0.251 e. The number of carbonyl (C=O) groups excluding carboxylic acids is 1. The molecule has 0 aromatic heterocycles. The average molecular weight is 440 g/mol. The summed E-state index contributed by atoms with van der Waals surface area (Å²) in [5, 5.41) is 2.83. The predicted molar refractivity (Wildman–Crippen MR) is 119 cm³/mol. The van der Waals surface area contributed by atoms with E-state index in [0.29, 0.717) is 30.2 Å². The van der Waals surface area contributed by atoms with E-state index in [9.17, 15) is 13.2 Å². The van der Waals surface area contributed by atoms with Crippen LogP contribution in [0.3, 0.4) is 0 Å². The van der Waals surface area contributed by atoms with Crippen molar-refractivity contribution in [3.63, 3.8) is 0 Å². The molecular weight excluding hydrogens is 414 g/mol. The monoisotopic (exact) mass is 439 g/mol. The maximum absolute atomic E-state index is 12.4. The Bertz CT molecular complexity index is 1130. The SMILES string of the molecule is CCS(=O)(=O)c1ccc(C(=O)NCc2ccc(OCc3ccccc3)c(OC)c2)cc1. The van der Waals surface area contributed by atoms with Crippen LogP contribution in [0.1, 0.15) is 28.4 Å². The number of rotatable bonds is 9. The van der Waals surface area contributed by atoms with Gasteiger partial charge in [0.1, 0.15) is 6.61 Å². The van der Waals surface area contributed by atoms with Crippen LogP contribution in [0.4, 0.5) is 0 Å². The summed E-state index contributed by atoms with van der Waals surface area (Å²) >= 11 is 0. The zero-order valence-electron chi connectivity index (χ0n) is 17.5. The second-order valence-corrected chi connectivity index (χ2v) is 9.15. The summed E-state index contributed by atoms with van der Waals surface area (Å²) in [5.41, 5.74) is 2.30. The zero-order valence-corrected chi connectivity index (χ0v) is 18.3. The van der Waals surface area contributed by atoms with Crippen molar-refractivity contribution < 1.29 is 22.7 Å². The van der Waals surface area contributed by atoms with Crippen molar-refractivity contribution in [2.24, 2.45) is 0 Å². The first-order valence-electron chi connectivity index (χ1n) is 9.87. The number of nitrogens with one attached hydrogen (secondary N) is 1. The van der Waals surface area contributed by atoms with Crippen LogP contribution in [0.5, 0.6) is 11.5 Å². The summed E-state index contributed by atoms with van der Waals surface area (Å²) in [6.07, 6.45) is 0. The van der Waals surface area contributed by atoms with E-state index in [-0.39, 0.29) is 16.6 Å². The lowest BCUT2D eigenvalue weighted by atomic mass is 10.1. The molecule has 0 fully saturated rings.